The van der Waals surface area contributed by atoms with Crippen molar-refractivity contribution in [3.63, 3.8) is 0 Å². The van der Waals surface area contributed by atoms with Crippen LogP contribution in [0.3, 0.4) is 0 Å². The molecule has 0 spiro atoms. The molecule has 27 heavy (non-hydrogen) atoms. The molecule has 1 aliphatic heterocycles. The number of hydrogen-bond donors (Lipinski definition) is 0. The molecule has 0 N–H and O–H groups in total. The molecule has 2 unspecified atom stereocenters. The Morgan fingerprint density at radius 1 is 1.04 bits per heavy atom. The van der Waals surface area contributed by atoms with Gasteiger partial charge in [0, 0.05) is 37.3 Å². The predicted molar refractivity (Wildman–Crippen MR) is 110 cm³/mol. The molecule has 2 atom stereocenters. The summed E-state index contributed by atoms with van der Waals surface area (Å²) in [6, 6.07) is 8.84. The van der Waals surface area contributed by atoms with Crippen molar-refractivity contribution in [3.05, 3.63) is 35.4 Å². The van der Waals surface area contributed by atoms with Gasteiger partial charge in [0.2, 0.25) is 5.91 Å². The highest BCUT2D eigenvalue weighted by Crippen LogP contribution is 2.35. The van der Waals surface area contributed by atoms with Crippen molar-refractivity contribution in [3.8, 4) is 0 Å². The maximum absolute atomic E-state index is 13.1. The van der Waals surface area contributed by atoms with Crippen LogP contribution in [0.4, 0.5) is 0 Å². The normalized spacial score (nSPS) is 23.8. The van der Waals surface area contributed by atoms with Crippen LogP contribution in [0.15, 0.2) is 24.3 Å². The lowest BCUT2D eigenvalue weighted by molar-refractivity contribution is -0.139. The van der Waals surface area contributed by atoms with Gasteiger partial charge in [-0.25, -0.2) is 0 Å². The molecule has 1 saturated heterocycles. The summed E-state index contributed by atoms with van der Waals surface area (Å²) < 4.78 is 0. The Morgan fingerprint density at radius 3 is 2.30 bits per heavy atom. The molecule has 1 aromatic carbocycles. The standard InChI is InChI=1S/C24H35NO2/c1-4-7-23(26)22-14-21(19-12-10-18(11-13-19)17(2)3)15-25(16-22)24(27)20-8-5-6-9-20/h10-13,17,20-22H,4-9,14-16H2,1-3H3. The molecule has 2 fully saturated rings. The summed E-state index contributed by atoms with van der Waals surface area (Å²) >= 11 is 0. The first-order chi connectivity index (χ1) is 13.0. The number of rotatable bonds is 6. The largest absolute Gasteiger partial charge is 0.341 e. The number of carbonyl (C=O) groups is 2. The molecule has 1 aromatic rings. The zero-order valence-corrected chi connectivity index (χ0v) is 17.2. The van der Waals surface area contributed by atoms with E-state index in [1.807, 2.05) is 4.90 Å². The van der Waals surface area contributed by atoms with Crippen LogP contribution >= 0.6 is 0 Å². The Hall–Kier alpha value is -1.64. The molecule has 0 aromatic heterocycles. The van der Waals surface area contributed by atoms with Crippen LogP contribution in [0.5, 0.6) is 0 Å². The van der Waals surface area contributed by atoms with E-state index in [1.165, 1.54) is 24.0 Å². The zero-order valence-electron chi connectivity index (χ0n) is 17.2. The molecule has 2 aliphatic rings. The zero-order chi connectivity index (χ0) is 19.4. The molecular formula is C24H35NO2. The van der Waals surface area contributed by atoms with Gasteiger partial charge in [0.25, 0.3) is 0 Å². The topological polar surface area (TPSA) is 37.4 Å². The second-order valence-corrected chi connectivity index (χ2v) is 8.89. The van der Waals surface area contributed by atoms with E-state index in [-0.39, 0.29) is 17.8 Å². The molecule has 3 heteroatoms. The second-order valence-electron chi connectivity index (χ2n) is 8.89. The molecule has 1 heterocycles. The van der Waals surface area contributed by atoms with Crippen LogP contribution < -0.4 is 0 Å². The number of likely N-dealkylation sites (tertiary alicyclic amines) is 1. The molecule has 0 radical (unpaired) electrons. The summed E-state index contributed by atoms with van der Waals surface area (Å²) in [6.45, 7) is 7.87. The summed E-state index contributed by atoms with van der Waals surface area (Å²) in [5, 5.41) is 0. The number of amides is 1. The first-order valence-corrected chi connectivity index (χ1v) is 10.9. The Bertz CT molecular complexity index is 643. The molecular weight excluding hydrogens is 334 g/mol. The van der Waals surface area contributed by atoms with Crippen LogP contribution in [0, 0.1) is 11.8 Å². The predicted octanol–water partition coefficient (Wildman–Crippen LogP) is 5.30. The van der Waals surface area contributed by atoms with Crippen molar-refractivity contribution in [2.24, 2.45) is 11.8 Å². The summed E-state index contributed by atoms with van der Waals surface area (Å²) in [7, 11) is 0. The lowest BCUT2D eigenvalue weighted by atomic mass is 9.81. The molecule has 3 nitrogen and oxygen atoms in total. The number of ketones is 1. The molecule has 1 amide bonds. The van der Waals surface area contributed by atoms with Gasteiger partial charge in [-0.1, -0.05) is 57.9 Å². The second kappa shape index (κ2) is 9.03. The third-order valence-electron chi connectivity index (χ3n) is 6.49. The highest BCUT2D eigenvalue weighted by molar-refractivity contribution is 5.84. The minimum absolute atomic E-state index is 0.00108. The van der Waals surface area contributed by atoms with Crippen molar-refractivity contribution in [2.45, 2.75) is 77.6 Å². The Balaban J connectivity index is 1.79. The van der Waals surface area contributed by atoms with E-state index in [1.54, 1.807) is 0 Å². The van der Waals surface area contributed by atoms with Gasteiger partial charge in [-0.05, 0) is 42.7 Å². The lowest BCUT2D eigenvalue weighted by Gasteiger charge is -2.39. The van der Waals surface area contributed by atoms with Crippen molar-refractivity contribution in [1.82, 2.24) is 4.90 Å². The lowest BCUT2D eigenvalue weighted by Crippen LogP contribution is -2.47. The first-order valence-electron chi connectivity index (χ1n) is 10.9. The third kappa shape index (κ3) is 4.80. The number of carbonyl (C=O) groups excluding carboxylic acids is 2. The van der Waals surface area contributed by atoms with Crippen LogP contribution in [0.1, 0.15) is 88.7 Å². The fourth-order valence-corrected chi connectivity index (χ4v) is 4.79. The smallest absolute Gasteiger partial charge is 0.225 e. The van der Waals surface area contributed by atoms with E-state index in [0.717, 1.165) is 32.2 Å². The SMILES string of the molecule is CCCC(=O)C1CC(c2ccc(C(C)C)cc2)CN(C(=O)C2CCCC2)C1. The van der Waals surface area contributed by atoms with Gasteiger partial charge in [0.05, 0.1) is 0 Å². The minimum atomic E-state index is -0.00108. The Kier molecular flexibility index (Phi) is 6.73. The van der Waals surface area contributed by atoms with Crippen molar-refractivity contribution < 1.29 is 9.59 Å². The molecule has 0 bridgehead atoms. The van der Waals surface area contributed by atoms with E-state index in [4.69, 9.17) is 0 Å². The highest BCUT2D eigenvalue weighted by atomic mass is 16.2. The van der Waals surface area contributed by atoms with Crippen LogP contribution in [0.25, 0.3) is 0 Å². The summed E-state index contributed by atoms with van der Waals surface area (Å²) in [6.07, 6.45) is 6.79. The summed E-state index contributed by atoms with van der Waals surface area (Å²) in [5.74, 6) is 1.61. The van der Waals surface area contributed by atoms with Crippen molar-refractivity contribution in [1.29, 1.82) is 0 Å². The number of benzene rings is 1. The van der Waals surface area contributed by atoms with E-state index < -0.39 is 0 Å². The van der Waals surface area contributed by atoms with E-state index >= 15 is 0 Å². The van der Waals surface area contributed by atoms with Crippen LogP contribution in [-0.2, 0) is 9.59 Å². The monoisotopic (exact) mass is 369 g/mol. The Morgan fingerprint density at radius 2 is 1.70 bits per heavy atom. The first kappa shape index (κ1) is 20.1. The highest BCUT2D eigenvalue weighted by Gasteiger charge is 2.36. The minimum Gasteiger partial charge on any atom is -0.341 e. The Labute approximate surface area is 164 Å². The molecule has 1 saturated carbocycles. The van der Waals surface area contributed by atoms with Gasteiger partial charge in [-0.3, -0.25) is 9.59 Å². The van der Waals surface area contributed by atoms with Crippen molar-refractivity contribution >= 4 is 11.7 Å². The van der Waals surface area contributed by atoms with Gasteiger partial charge in [-0.15, -0.1) is 0 Å². The van der Waals surface area contributed by atoms with Gasteiger partial charge < -0.3 is 4.90 Å². The van der Waals surface area contributed by atoms with Crippen LogP contribution in [-0.4, -0.2) is 29.7 Å². The van der Waals surface area contributed by atoms with Crippen molar-refractivity contribution in [2.75, 3.05) is 13.1 Å². The van der Waals surface area contributed by atoms with E-state index in [9.17, 15) is 9.59 Å². The van der Waals surface area contributed by atoms with E-state index in [0.29, 0.717) is 30.6 Å². The molecule has 1 aliphatic carbocycles. The van der Waals surface area contributed by atoms with Gasteiger partial charge in [-0.2, -0.15) is 0 Å². The average Bonchev–Trinajstić information content (AvgIpc) is 3.22. The number of Topliss-reactive ketones (excluding diaryl/α,β-unsaturated/α-hetero) is 1. The molecule has 148 valence electrons. The molecule has 3 rings (SSSR count). The maximum atomic E-state index is 13.1. The fraction of sp³-hybridized carbons (Fsp3) is 0.667. The number of hydrogen-bond acceptors (Lipinski definition) is 2. The number of nitrogens with zero attached hydrogens (tertiary/aromatic N) is 1. The van der Waals surface area contributed by atoms with Gasteiger partial charge in [0.15, 0.2) is 0 Å². The summed E-state index contributed by atoms with van der Waals surface area (Å²) in [4.78, 5) is 27.8. The summed E-state index contributed by atoms with van der Waals surface area (Å²) in [5.41, 5.74) is 2.62. The number of piperidine rings is 1. The third-order valence-corrected chi connectivity index (χ3v) is 6.49. The quantitative estimate of drug-likeness (QED) is 0.682. The van der Waals surface area contributed by atoms with Gasteiger partial charge >= 0.3 is 0 Å². The maximum Gasteiger partial charge on any atom is 0.225 e. The van der Waals surface area contributed by atoms with E-state index in [2.05, 4.69) is 45.0 Å². The van der Waals surface area contributed by atoms with Gasteiger partial charge in [0.1, 0.15) is 5.78 Å². The van der Waals surface area contributed by atoms with Crippen LogP contribution in [0.2, 0.25) is 0 Å². The average molecular weight is 370 g/mol. The fourth-order valence-electron chi connectivity index (χ4n) is 4.79.